The lowest BCUT2D eigenvalue weighted by Gasteiger charge is -2.09. The fourth-order valence-corrected chi connectivity index (χ4v) is 4.02. The van der Waals surface area contributed by atoms with Gasteiger partial charge in [-0.25, -0.2) is 28.3 Å². The normalized spacial score (nSPS) is 12.0. The van der Waals surface area contributed by atoms with Crippen LogP contribution in [-0.4, -0.2) is 35.0 Å². The van der Waals surface area contributed by atoms with Gasteiger partial charge in [0, 0.05) is 6.54 Å². The summed E-state index contributed by atoms with van der Waals surface area (Å²) in [5, 5.41) is 5.16. The van der Waals surface area contributed by atoms with E-state index in [1.807, 2.05) is 24.3 Å². The van der Waals surface area contributed by atoms with Crippen LogP contribution in [-0.2, 0) is 27.7 Å². The van der Waals surface area contributed by atoms with Crippen LogP contribution in [0.4, 0.5) is 5.82 Å². The zero-order valence-electron chi connectivity index (χ0n) is 17.6. The Morgan fingerprint density at radius 2 is 1.69 bits per heavy atom. The second kappa shape index (κ2) is 8.21. The van der Waals surface area contributed by atoms with E-state index in [1.165, 1.54) is 12.1 Å². The number of nitrogens with two attached hydrogens (primary N) is 2. The largest absolute Gasteiger partial charge is 0.459 e. The number of anilines is 1. The maximum atomic E-state index is 12.8. The minimum atomic E-state index is -3.75. The molecule has 0 aliphatic rings. The first-order chi connectivity index (χ1) is 15.1. The molecule has 0 fully saturated rings. The van der Waals surface area contributed by atoms with Gasteiger partial charge in [-0.05, 0) is 50.1 Å². The molecule has 0 saturated carbocycles. The number of carbonyl (C=O) groups is 1. The second-order valence-corrected chi connectivity index (χ2v) is 9.25. The Hall–Kier alpha value is -3.50. The molecule has 4 aromatic rings. The number of aromatic nitrogens is 3. The number of carbonyl (C=O) groups excluding carboxylic acids is 1. The Balaban J connectivity index is 1.77. The van der Waals surface area contributed by atoms with Gasteiger partial charge in [-0.1, -0.05) is 24.3 Å². The number of sulfonamides is 1. The maximum absolute atomic E-state index is 12.8. The van der Waals surface area contributed by atoms with E-state index < -0.39 is 16.0 Å². The van der Waals surface area contributed by atoms with E-state index >= 15 is 0 Å². The topological polar surface area (TPSA) is 143 Å². The number of aryl methyl sites for hydroxylation is 2. The van der Waals surface area contributed by atoms with Gasteiger partial charge in [-0.2, -0.15) is 0 Å². The number of primary sulfonamides is 1. The summed E-state index contributed by atoms with van der Waals surface area (Å²) >= 11 is 0. The molecular weight excluding hydrogens is 430 g/mol. The van der Waals surface area contributed by atoms with Crippen LogP contribution in [0.1, 0.15) is 29.8 Å². The molecule has 0 bridgehead atoms. The number of fused-ring (bicyclic) bond motifs is 2. The molecule has 4 rings (SSSR count). The van der Waals surface area contributed by atoms with Crippen molar-refractivity contribution in [3.63, 3.8) is 0 Å². The standard InChI is InChI=1S/C22H23N5O4S/c1-13(2)31-22(28)18-19-21(26-17-6-4-3-5-16(17)25-19)27(20(18)23)12-11-14-7-9-15(10-8-14)32(24,29)30/h3-10,13H,11-12,23H2,1-2H3,(H2,24,29,30). The van der Waals surface area contributed by atoms with Crippen molar-refractivity contribution in [3.8, 4) is 0 Å². The molecule has 0 aliphatic carbocycles. The molecule has 2 aromatic heterocycles. The highest BCUT2D eigenvalue weighted by molar-refractivity contribution is 7.89. The minimum Gasteiger partial charge on any atom is -0.459 e. The van der Waals surface area contributed by atoms with Crippen molar-refractivity contribution in [2.75, 3.05) is 5.73 Å². The van der Waals surface area contributed by atoms with Gasteiger partial charge in [0.15, 0.2) is 5.65 Å². The van der Waals surface area contributed by atoms with E-state index in [4.69, 9.17) is 20.6 Å². The highest BCUT2D eigenvalue weighted by Crippen LogP contribution is 2.29. The van der Waals surface area contributed by atoms with Gasteiger partial charge in [0.1, 0.15) is 16.9 Å². The zero-order chi connectivity index (χ0) is 23.0. The molecule has 0 spiro atoms. The fraction of sp³-hybridized carbons (Fsp3) is 0.227. The second-order valence-electron chi connectivity index (χ2n) is 7.69. The van der Waals surface area contributed by atoms with Crippen LogP contribution in [0.5, 0.6) is 0 Å². The number of rotatable bonds is 6. The van der Waals surface area contributed by atoms with Crippen LogP contribution >= 0.6 is 0 Å². The lowest BCUT2D eigenvalue weighted by molar-refractivity contribution is 0.0381. The molecule has 0 saturated heterocycles. The summed E-state index contributed by atoms with van der Waals surface area (Å²) < 4.78 is 30.1. The van der Waals surface area contributed by atoms with E-state index in [-0.39, 0.29) is 22.4 Å². The van der Waals surface area contributed by atoms with E-state index in [1.54, 1.807) is 30.5 Å². The van der Waals surface area contributed by atoms with Crippen LogP contribution < -0.4 is 10.9 Å². The summed E-state index contributed by atoms with van der Waals surface area (Å²) in [7, 11) is -3.75. The summed E-state index contributed by atoms with van der Waals surface area (Å²) in [4.78, 5) is 22.2. The molecular formula is C22H23N5O4S. The number of nitrogen functional groups attached to an aromatic ring is 1. The first-order valence-corrected chi connectivity index (χ1v) is 11.6. The fourth-order valence-electron chi connectivity index (χ4n) is 3.50. The summed E-state index contributed by atoms with van der Waals surface area (Å²) in [5.74, 6) is -0.328. The SMILES string of the molecule is CC(C)OC(=O)c1c(N)n(CCc2ccc(S(N)(=O)=O)cc2)c2nc3ccccc3nc12. The third-order valence-corrected chi connectivity index (χ3v) is 5.94. The van der Waals surface area contributed by atoms with Crippen molar-refractivity contribution in [2.45, 2.75) is 37.8 Å². The van der Waals surface area contributed by atoms with E-state index in [9.17, 15) is 13.2 Å². The highest BCUT2D eigenvalue weighted by Gasteiger charge is 2.25. The van der Waals surface area contributed by atoms with Gasteiger partial charge in [0.25, 0.3) is 0 Å². The molecule has 32 heavy (non-hydrogen) atoms. The van der Waals surface area contributed by atoms with Crippen molar-refractivity contribution in [3.05, 3.63) is 59.7 Å². The Bertz CT molecular complexity index is 1430. The Kier molecular flexibility index (Phi) is 5.57. The van der Waals surface area contributed by atoms with Gasteiger partial charge < -0.3 is 15.0 Å². The number of ether oxygens (including phenoxy) is 1. The summed E-state index contributed by atoms with van der Waals surface area (Å²) in [5.41, 5.74) is 9.65. The van der Waals surface area contributed by atoms with Gasteiger partial charge in [0.2, 0.25) is 10.0 Å². The highest BCUT2D eigenvalue weighted by atomic mass is 32.2. The smallest absolute Gasteiger partial charge is 0.344 e. The monoisotopic (exact) mass is 453 g/mol. The van der Waals surface area contributed by atoms with Crippen molar-refractivity contribution in [2.24, 2.45) is 5.14 Å². The number of nitrogens with zero attached hydrogens (tertiary/aromatic N) is 3. The van der Waals surface area contributed by atoms with Crippen LogP contribution in [0.15, 0.2) is 53.4 Å². The van der Waals surface area contributed by atoms with Crippen LogP contribution in [0.2, 0.25) is 0 Å². The lowest BCUT2D eigenvalue weighted by Crippen LogP contribution is -2.14. The van der Waals surface area contributed by atoms with Gasteiger partial charge in [0.05, 0.1) is 22.0 Å². The average molecular weight is 454 g/mol. The van der Waals surface area contributed by atoms with Crippen molar-refractivity contribution in [1.29, 1.82) is 0 Å². The van der Waals surface area contributed by atoms with Gasteiger partial charge >= 0.3 is 5.97 Å². The number of para-hydroxylation sites is 2. The van der Waals surface area contributed by atoms with Crippen LogP contribution in [0.3, 0.4) is 0 Å². The summed E-state index contributed by atoms with van der Waals surface area (Å²) in [6, 6.07) is 13.7. The predicted molar refractivity (Wildman–Crippen MR) is 122 cm³/mol. The third kappa shape index (κ3) is 4.14. The van der Waals surface area contributed by atoms with Gasteiger partial charge in [-0.15, -0.1) is 0 Å². The predicted octanol–water partition coefficient (Wildman–Crippen LogP) is 2.62. The van der Waals surface area contributed by atoms with Crippen molar-refractivity contribution in [1.82, 2.24) is 14.5 Å². The molecule has 9 nitrogen and oxygen atoms in total. The minimum absolute atomic E-state index is 0.0447. The molecule has 2 aromatic carbocycles. The number of hydrogen-bond acceptors (Lipinski definition) is 7. The van der Waals surface area contributed by atoms with Crippen LogP contribution in [0, 0.1) is 0 Å². The van der Waals surface area contributed by atoms with Crippen LogP contribution in [0.25, 0.3) is 22.2 Å². The number of hydrogen-bond donors (Lipinski definition) is 2. The summed E-state index contributed by atoms with van der Waals surface area (Å²) in [6.07, 6.45) is 0.206. The summed E-state index contributed by atoms with van der Waals surface area (Å²) in [6.45, 7) is 3.93. The quantitative estimate of drug-likeness (QED) is 0.427. The molecule has 0 unspecified atom stereocenters. The van der Waals surface area contributed by atoms with Gasteiger partial charge in [-0.3, -0.25) is 0 Å². The molecule has 4 N–H and O–H groups in total. The Labute approximate surface area is 185 Å². The Morgan fingerprint density at radius 3 is 2.28 bits per heavy atom. The molecule has 10 heteroatoms. The number of esters is 1. The van der Waals surface area contributed by atoms with E-state index in [0.29, 0.717) is 35.2 Å². The van der Waals surface area contributed by atoms with Crippen molar-refractivity contribution >= 4 is 44.0 Å². The first kappa shape index (κ1) is 21.7. The molecule has 0 radical (unpaired) electrons. The average Bonchev–Trinajstić information content (AvgIpc) is 3.00. The molecule has 2 heterocycles. The lowest BCUT2D eigenvalue weighted by atomic mass is 10.1. The molecule has 0 aliphatic heterocycles. The number of benzene rings is 2. The molecule has 166 valence electrons. The molecule has 0 amide bonds. The molecule has 0 atom stereocenters. The van der Waals surface area contributed by atoms with E-state index in [2.05, 4.69) is 4.98 Å². The maximum Gasteiger partial charge on any atom is 0.344 e. The third-order valence-electron chi connectivity index (χ3n) is 5.01. The zero-order valence-corrected chi connectivity index (χ0v) is 18.5. The first-order valence-electron chi connectivity index (χ1n) is 10.0. The van der Waals surface area contributed by atoms with E-state index in [0.717, 1.165) is 5.56 Å². The Morgan fingerprint density at radius 1 is 1.06 bits per heavy atom. The van der Waals surface area contributed by atoms with Crippen molar-refractivity contribution < 1.29 is 17.9 Å².